The highest BCUT2D eigenvalue weighted by Gasteiger charge is 2.30. The van der Waals surface area contributed by atoms with Crippen molar-refractivity contribution in [1.82, 2.24) is 14.8 Å². The molecule has 3 rings (SSSR count). The number of halogens is 3. The molecule has 1 N–H and O–H groups in total. The standard InChI is InChI=1S/C21H21F3N4O2S/c1-13-7-14(2)9-16(8-13)25-19(29)12-31-20-27-26-18(28(20)3)11-30-17-6-4-5-15(10-17)21(22,23)24/h4-10H,11-12H2,1-3H3,(H,25,29). The number of benzene rings is 2. The van der Waals surface area contributed by atoms with E-state index in [-0.39, 0.29) is 24.0 Å². The predicted molar refractivity (Wildman–Crippen MR) is 112 cm³/mol. The molecule has 0 unspecified atom stereocenters. The van der Waals surface area contributed by atoms with Gasteiger partial charge in [0, 0.05) is 12.7 Å². The summed E-state index contributed by atoms with van der Waals surface area (Å²) >= 11 is 1.20. The van der Waals surface area contributed by atoms with Crippen molar-refractivity contribution in [3.8, 4) is 5.75 Å². The van der Waals surface area contributed by atoms with Crippen LogP contribution in [0, 0.1) is 13.8 Å². The van der Waals surface area contributed by atoms with E-state index in [0.29, 0.717) is 11.0 Å². The van der Waals surface area contributed by atoms with Gasteiger partial charge in [-0.15, -0.1) is 10.2 Å². The molecule has 31 heavy (non-hydrogen) atoms. The average molecular weight is 450 g/mol. The summed E-state index contributed by atoms with van der Waals surface area (Å²) in [5.74, 6) is 0.460. The van der Waals surface area contributed by atoms with Crippen LogP contribution in [0.3, 0.4) is 0 Å². The van der Waals surface area contributed by atoms with Gasteiger partial charge < -0.3 is 14.6 Å². The van der Waals surface area contributed by atoms with Gasteiger partial charge in [-0.1, -0.05) is 23.9 Å². The van der Waals surface area contributed by atoms with Crippen molar-refractivity contribution in [3.63, 3.8) is 0 Å². The van der Waals surface area contributed by atoms with Gasteiger partial charge in [-0.25, -0.2) is 0 Å². The molecule has 0 spiro atoms. The molecule has 0 bridgehead atoms. The zero-order chi connectivity index (χ0) is 22.6. The van der Waals surface area contributed by atoms with E-state index in [9.17, 15) is 18.0 Å². The number of anilines is 1. The molecule has 0 radical (unpaired) electrons. The van der Waals surface area contributed by atoms with E-state index in [1.165, 1.54) is 23.9 Å². The van der Waals surface area contributed by atoms with Gasteiger partial charge in [0.2, 0.25) is 5.91 Å². The fraction of sp³-hybridized carbons (Fsp3) is 0.286. The number of aromatic nitrogens is 3. The molecule has 1 aromatic heterocycles. The number of rotatable bonds is 7. The van der Waals surface area contributed by atoms with Gasteiger partial charge in [-0.05, 0) is 55.3 Å². The van der Waals surface area contributed by atoms with Crippen LogP contribution < -0.4 is 10.1 Å². The van der Waals surface area contributed by atoms with Crippen molar-refractivity contribution in [2.24, 2.45) is 7.05 Å². The fourth-order valence-electron chi connectivity index (χ4n) is 2.88. The summed E-state index contributed by atoms with van der Waals surface area (Å²) in [6.45, 7) is 3.86. The summed E-state index contributed by atoms with van der Waals surface area (Å²) in [6, 6.07) is 10.4. The van der Waals surface area contributed by atoms with Crippen molar-refractivity contribution in [1.29, 1.82) is 0 Å². The molecule has 0 saturated heterocycles. The smallest absolute Gasteiger partial charge is 0.416 e. The van der Waals surface area contributed by atoms with Crippen molar-refractivity contribution >= 4 is 23.4 Å². The molecule has 0 atom stereocenters. The Morgan fingerprint density at radius 1 is 1.13 bits per heavy atom. The van der Waals surface area contributed by atoms with Gasteiger partial charge in [-0.3, -0.25) is 4.79 Å². The average Bonchev–Trinajstić information content (AvgIpc) is 3.03. The van der Waals surface area contributed by atoms with E-state index in [1.807, 2.05) is 32.0 Å². The predicted octanol–water partition coefficient (Wildman–Crippen LogP) is 4.76. The number of nitrogens with zero attached hydrogens (tertiary/aromatic N) is 3. The molecule has 0 fully saturated rings. The first-order valence-electron chi connectivity index (χ1n) is 9.31. The van der Waals surface area contributed by atoms with Crippen molar-refractivity contribution in [2.45, 2.75) is 31.8 Å². The van der Waals surface area contributed by atoms with Crippen molar-refractivity contribution in [3.05, 3.63) is 65.0 Å². The zero-order valence-corrected chi connectivity index (χ0v) is 18.0. The first kappa shape index (κ1) is 22.7. The molecule has 2 aromatic carbocycles. The number of carbonyl (C=O) groups excluding carboxylic acids is 1. The first-order chi connectivity index (χ1) is 14.6. The zero-order valence-electron chi connectivity index (χ0n) is 17.2. The van der Waals surface area contributed by atoms with E-state index in [4.69, 9.17) is 4.74 Å². The van der Waals surface area contributed by atoms with Crippen LogP contribution in [-0.4, -0.2) is 26.4 Å². The minimum atomic E-state index is -4.44. The van der Waals surface area contributed by atoms with Crippen molar-refractivity contribution < 1.29 is 22.7 Å². The van der Waals surface area contributed by atoms with Gasteiger partial charge in [0.1, 0.15) is 12.4 Å². The topological polar surface area (TPSA) is 69.0 Å². The van der Waals surface area contributed by atoms with E-state index in [1.54, 1.807) is 11.6 Å². The minimum Gasteiger partial charge on any atom is -0.486 e. The SMILES string of the molecule is Cc1cc(C)cc(NC(=O)CSc2nnc(COc3cccc(C(F)(F)F)c3)n2C)c1. The van der Waals surface area contributed by atoms with Crippen LogP contribution >= 0.6 is 11.8 Å². The first-order valence-corrected chi connectivity index (χ1v) is 10.3. The third kappa shape index (κ3) is 6.24. The maximum Gasteiger partial charge on any atom is 0.416 e. The number of hydrogen-bond acceptors (Lipinski definition) is 5. The lowest BCUT2D eigenvalue weighted by Gasteiger charge is -2.10. The minimum absolute atomic E-state index is 0.0554. The third-order valence-electron chi connectivity index (χ3n) is 4.29. The van der Waals surface area contributed by atoms with Crippen LogP contribution in [-0.2, 0) is 24.6 Å². The molecule has 3 aromatic rings. The summed E-state index contributed by atoms with van der Waals surface area (Å²) in [4.78, 5) is 12.2. The molecule has 1 amide bonds. The quantitative estimate of drug-likeness (QED) is 0.526. The summed E-state index contributed by atoms with van der Waals surface area (Å²) in [7, 11) is 1.70. The lowest BCUT2D eigenvalue weighted by molar-refractivity contribution is -0.137. The number of alkyl halides is 3. The highest BCUT2D eigenvalue weighted by molar-refractivity contribution is 7.99. The van der Waals surface area contributed by atoms with Crippen LogP contribution in [0.2, 0.25) is 0 Å². The Labute approximate surface area is 181 Å². The molecular weight excluding hydrogens is 429 g/mol. The van der Waals surface area contributed by atoms with Gasteiger partial charge in [-0.2, -0.15) is 13.2 Å². The number of thioether (sulfide) groups is 1. The normalized spacial score (nSPS) is 11.4. The summed E-state index contributed by atoms with van der Waals surface area (Å²) in [5, 5.41) is 11.4. The van der Waals surface area contributed by atoms with Gasteiger partial charge in [0.05, 0.1) is 11.3 Å². The van der Waals surface area contributed by atoms with Crippen LogP contribution in [0.25, 0.3) is 0 Å². The second-order valence-electron chi connectivity index (χ2n) is 6.99. The summed E-state index contributed by atoms with van der Waals surface area (Å²) in [6.07, 6.45) is -4.44. The Morgan fingerprint density at radius 3 is 2.52 bits per heavy atom. The molecule has 164 valence electrons. The molecular formula is C21H21F3N4O2S. The molecule has 0 aliphatic carbocycles. The van der Waals surface area contributed by atoms with E-state index in [2.05, 4.69) is 15.5 Å². The molecule has 10 heteroatoms. The summed E-state index contributed by atoms with van der Waals surface area (Å²) in [5.41, 5.74) is 2.06. The Morgan fingerprint density at radius 2 is 1.84 bits per heavy atom. The Hall–Kier alpha value is -3.01. The molecule has 6 nitrogen and oxygen atoms in total. The molecule has 0 aliphatic rings. The number of aryl methyl sites for hydroxylation is 2. The van der Waals surface area contributed by atoms with Crippen LogP contribution in [0.1, 0.15) is 22.5 Å². The fourth-order valence-corrected chi connectivity index (χ4v) is 3.61. The number of carbonyl (C=O) groups is 1. The van der Waals surface area contributed by atoms with Gasteiger partial charge >= 0.3 is 6.18 Å². The van der Waals surface area contributed by atoms with Crippen LogP contribution in [0.4, 0.5) is 18.9 Å². The second-order valence-corrected chi connectivity index (χ2v) is 7.93. The number of ether oxygens (including phenoxy) is 1. The number of nitrogens with one attached hydrogen (secondary N) is 1. The Balaban J connectivity index is 1.56. The largest absolute Gasteiger partial charge is 0.486 e. The van der Waals surface area contributed by atoms with Crippen LogP contribution in [0.15, 0.2) is 47.6 Å². The van der Waals surface area contributed by atoms with E-state index < -0.39 is 11.7 Å². The number of amides is 1. The third-order valence-corrected chi connectivity index (χ3v) is 5.31. The molecule has 1 heterocycles. The van der Waals surface area contributed by atoms with Crippen molar-refractivity contribution in [2.75, 3.05) is 11.1 Å². The molecule has 0 aliphatic heterocycles. The Kier molecular flexibility index (Phi) is 6.89. The maximum absolute atomic E-state index is 12.8. The van der Waals surface area contributed by atoms with E-state index >= 15 is 0 Å². The lowest BCUT2D eigenvalue weighted by atomic mass is 10.1. The second kappa shape index (κ2) is 9.42. The summed E-state index contributed by atoms with van der Waals surface area (Å²) < 4.78 is 45.5. The Bertz CT molecular complexity index is 1060. The highest BCUT2D eigenvalue weighted by atomic mass is 32.2. The van der Waals surface area contributed by atoms with Gasteiger partial charge in [0.15, 0.2) is 11.0 Å². The highest BCUT2D eigenvalue weighted by Crippen LogP contribution is 2.31. The maximum atomic E-state index is 12.8. The van der Waals surface area contributed by atoms with Gasteiger partial charge in [0.25, 0.3) is 0 Å². The van der Waals surface area contributed by atoms with Crippen LogP contribution in [0.5, 0.6) is 5.75 Å². The lowest BCUT2D eigenvalue weighted by Crippen LogP contribution is -2.14. The monoisotopic (exact) mass is 450 g/mol. The molecule has 0 saturated carbocycles. The number of hydrogen-bond donors (Lipinski definition) is 1. The van der Waals surface area contributed by atoms with E-state index in [0.717, 1.165) is 28.9 Å².